The first-order chi connectivity index (χ1) is 11.6. The number of benzene rings is 1. The molecule has 3 aromatic rings. The topological polar surface area (TPSA) is 64.7 Å². The molecule has 24 heavy (non-hydrogen) atoms. The zero-order chi connectivity index (χ0) is 16.9. The molecule has 124 valence electrons. The zero-order valence-electron chi connectivity index (χ0n) is 13.9. The molecular formula is C18H21N5O. The van der Waals surface area contributed by atoms with Crippen molar-refractivity contribution < 1.29 is 4.79 Å². The molecule has 1 amide bonds. The monoisotopic (exact) mass is 323 g/mol. The van der Waals surface area contributed by atoms with Gasteiger partial charge in [-0.15, -0.1) is 0 Å². The number of carbonyl (C=O) groups is 1. The lowest BCUT2D eigenvalue weighted by atomic mass is 10.2. The summed E-state index contributed by atoms with van der Waals surface area (Å²) in [6.45, 7) is 5.81. The maximum Gasteiger partial charge on any atom is 0.254 e. The first-order valence-corrected chi connectivity index (χ1v) is 7.97. The molecule has 0 atom stereocenters. The second kappa shape index (κ2) is 7.12. The van der Waals surface area contributed by atoms with E-state index in [0.717, 1.165) is 17.0 Å². The number of rotatable bonds is 6. The molecule has 0 aliphatic heterocycles. The Kier molecular flexibility index (Phi) is 4.74. The largest absolute Gasteiger partial charge is 0.350 e. The van der Waals surface area contributed by atoms with E-state index in [4.69, 9.17) is 0 Å². The van der Waals surface area contributed by atoms with E-state index in [1.54, 1.807) is 17.1 Å². The Bertz CT molecular complexity index is 819. The van der Waals surface area contributed by atoms with Crippen LogP contribution >= 0.6 is 0 Å². The number of nitrogens with one attached hydrogen (secondary N) is 1. The Hall–Kier alpha value is -2.89. The van der Waals surface area contributed by atoms with Crippen LogP contribution in [-0.2, 0) is 13.1 Å². The summed E-state index contributed by atoms with van der Waals surface area (Å²) in [5.74, 6) is -0.115. The van der Waals surface area contributed by atoms with Gasteiger partial charge in [-0.2, -0.15) is 10.2 Å². The van der Waals surface area contributed by atoms with E-state index in [-0.39, 0.29) is 5.91 Å². The second-order valence-corrected chi connectivity index (χ2v) is 5.82. The highest BCUT2D eigenvalue weighted by molar-refractivity contribution is 5.93. The van der Waals surface area contributed by atoms with E-state index >= 15 is 0 Å². The Morgan fingerprint density at radius 3 is 2.71 bits per heavy atom. The van der Waals surface area contributed by atoms with Crippen LogP contribution in [0.15, 0.2) is 48.8 Å². The molecule has 6 nitrogen and oxygen atoms in total. The zero-order valence-corrected chi connectivity index (χ0v) is 13.9. The molecule has 0 bridgehead atoms. The molecule has 2 heterocycles. The highest BCUT2D eigenvalue weighted by Crippen LogP contribution is 2.04. The van der Waals surface area contributed by atoms with Gasteiger partial charge in [0.05, 0.1) is 30.5 Å². The van der Waals surface area contributed by atoms with Crippen molar-refractivity contribution in [1.29, 1.82) is 0 Å². The molecule has 3 rings (SSSR count). The van der Waals surface area contributed by atoms with Crippen LogP contribution in [0.25, 0.3) is 0 Å². The van der Waals surface area contributed by atoms with E-state index in [2.05, 4.69) is 15.5 Å². The van der Waals surface area contributed by atoms with Crippen LogP contribution < -0.4 is 5.32 Å². The summed E-state index contributed by atoms with van der Waals surface area (Å²) in [5.41, 5.74) is 3.80. The minimum atomic E-state index is -0.115. The smallest absolute Gasteiger partial charge is 0.254 e. The third-order valence-corrected chi connectivity index (χ3v) is 3.80. The summed E-state index contributed by atoms with van der Waals surface area (Å²) in [7, 11) is 0. The number of nitrogens with zero attached hydrogens (tertiary/aromatic N) is 4. The lowest BCUT2D eigenvalue weighted by Crippen LogP contribution is -2.27. The maximum absolute atomic E-state index is 12.2. The molecule has 0 aliphatic carbocycles. The number of hydrogen-bond donors (Lipinski definition) is 1. The molecule has 0 saturated heterocycles. The van der Waals surface area contributed by atoms with Crippen LogP contribution in [0.5, 0.6) is 0 Å². The van der Waals surface area contributed by atoms with Crippen molar-refractivity contribution in [2.24, 2.45) is 0 Å². The predicted octanol–water partition coefficient (Wildman–Crippen LogP) is 2.17. The molecule has 6 heteroatoms. The van der Waals surface area contributed by atoms with Crippen molar-refractivity contribution in [2.75, 3.05) is 6.54 Å². The van der Waals surface area contributed by atoms with Gasteiger partial charge < -0.3 is 5.32 Å². The van der Waals surface area contributed by atoms with Crippen LogP contribution in [0.3, 0.4) is 0 Å². The SMILES string of the molecule is Cc1cc(C)n(CCNC(=O)c2cnn(Cc3ccccc3)c2)n1. The predicted molar refractivity (Wildman–Crippen MR) is 91.8 cm³/mol. The first-order valence-electron chi connectivity index (χ1n) is 7.97. The van der Waals surface area contributed by atoms with Gasteiger partial charge in [0.15, 0.2) is 0 Å². The molecule has 2 aromatic heterocycles. The van der Waals surface area contributed by atoms with Gasteiger partial charge in [-0.05, 0) is 25.5 Å². The van der Waals surface area contributed by atoms with Gasteiger partial charge in [0.2, 0.25) is 0 Å². The third kappa shape index (κ3) is 3.90. The Morgan fingerprint density at radius 2 is 2.00 bits per heavy atom. The van der Waals surface area contributed by atoms with Crippen LogP contribution in [0.4, 0.5) is 0 Å². The van der Waals surface area contributed by atoms with Crippen molar-refractivity contribution in [3.8, 4) is 0 Å². The normalized spacial score (nSPS) is 10.8. The quantitative estimate of drug-likeness (QED) is 0.756. The van der Waals surface area contributed by atoms with Crippen molar-refractivity contribution in [3.05, 3.63) is 71.3 Å². The molecule has 0 spiro atoms. The fourth-order valence-corrected chi connectivity index (χ4v) is 2.62. The molecule has 0 unspecified atom stereocenters. The lowest BCUT2D eigenvalue weighted by Gasteiger charge is -2.06. The van der Waals surface area contributed by atoms with Gasteiger partial charge in [-0.3, -0.25) is 14.2 Å². The number of amides is 1. The van der Waals surface area contributed by atoms with E-state index in [1.807, 2.05) is 54.9 Å². The highest BCUT2D eigenvalue weighted by Gasteiger charge is 2.09. The standard InChI is InChI=1S/C18H21N5O/c1-14-10-15(2)23(21-14)9-8-19-18(24)17-11-20-22(13-17)12-16-6-4-3-5-7-16/h3-7,10-11,13H,8-9,12H2,1-2H3,(H,19,24). The van der Waals surface area contributed by atoms with E-state index < -0.39 is 0 Å². The maximum atomic E-state index is 12.2. The van der Waals surface area contributed by atoms with Crippen molar-refractivity contribution in [3.63, 3.8) is 0 Å². The van der Waals surface area contributed by atoms with Gasteiger partial charge in [0.1, 0.15) is 0 Å². The molecule has 1 aromatic carbocycles. The number of aromatic nitrogens is 4. The molecule has 0 saturated carbocycles. The lowest BCUT2D eigenvalue weighted by molar-refractivity contribution is 0.0951. The molecular weight excluding hydrogens is 302 g/mol. The van der Waals surface area contributed by atoms with Crippen molar-refractivity contribution in [1.82, 2.24) is 24.9 Å². The fraction of sp³-hybridized carbons (Fsp3) is 0.278. The van der Waals surface area contributed by atoms with E-state index in [9.17, 15) is 4.79 Å². The Balaban J connectivity index is 1.53. The third-order valence-electron chi connectivity index (χ3n) is 3.80. The van der Waals surface area contributed by atoms with Gasteiger partial charge >= 0.3 is 0 Å². The fourth-order valence-electron chi connectivity index (χ4n) is 2.62. The summed E-state index contributed by atoms with van der Waals surface area (Å²) >= 11 is 0. The van der Waals surface area contributed by atoms with Gasteiger partial charge in [-0.25, -0.2) is 0 Å². The number of carbonyl (C=O) groups excluding carboxylic acids is 1. The summed E-state index contributed by atoms with van der Waals surface area (Å²) < 4.78 is 3.67. The summed E-state index contributed by atoms with van der Waals surface area (Å²) in [5, 5.41) is 11.5. The summed E-state index contributed by atoms with van der Waals surface area (Å²) in [6.07, 6.45) is 3.37. The molecule has 0 aliphatic rings. The molecule has 1 N–H and O–H groups in total. The van der Waals surface area contributed by atoms with Gasteiger partial charge in [0.25, 0.3) is 5.91 Å². The van der Waals surface area contributed by atoms with Crippen LogP contribution in [-0.4, -0.2) is 32.0 Å². The first kappa shape index (κ1) is 16.0. The van der Waals surface area contributed by atoms with Crippen LogP contribution in [0.1, 0.15) is 27.3 Å². The van der Waals surface area contributed by atoms with Crippen LogP contribution in [0.2, 0.25) is 0 Å². The number of aryl methyl sites for hydroxylation is 2. The average molecular weight is 323 g/mol. The minimum Gasteiger partial charge on any atom is -0.350 e. The Labute approximate surface area is 141 Å². The second-order valence-electron chi connectivity index (χ2n) is 5.82. The van der Waals surface area contributed by atoms with Crippen LogP contribution in [0, 0.1) is 13.8 Å². The minimum absolute atomic E-state index is 0.115. The summed E-state index contributed by atoms with van der Waals surface area (Å²) in [4.78, 5) is 12.2. The molecule has 0 fully saturated rings. The van der Waals surface area contributed by atoms with Crippen molar-refractivity contribution >= 4 is 5.91 Å². The summed E-state index contributed by atoms with van der Waals surface area (Å²) in [6, 6.07) is 12.1. The van der Waals surface area contributed by atoms with Crippen molar-refractivity contribution in [2.45, 2.75) is 26.9 Å². The van der Waals surface area contributed by atoms with E-state index in [0.29, 0.717) is 25.2 Å². The van der Waals surface area contributed by atoms with E-state index in [1.165, 1.54) is 0 Å². The highest BCUT2D eigenvalue weighted by atomic mass is 16.1. The van der Waals surface area contributed by atoms with Gasteiger partial charge in [-0.1, -0.05) is 30.3 Å². The Morgan fingerprint density at radius 1 is 1.21 bits per heavy atom. The average Bonchev–Trinajstić information content (AvgIpc) is 3.15. The number of hydrogen-bond acceptors (Lipinski definition) is 3. The van der Waals surface area contributed by atoms with Gasteiger partial charge in [0, 0.05) is 18.4 Å². The molecule has 0 radical (unpaired) electrons.